The molecule has 0 saturated heterocycles. The van der Waals surface area contributed by atoms with Crippen LogP contribution < -0.4 is 16.4 Å². The van der Waals surface area contributed by atoms with Crippen LogP contribution in [0.5, 0.6) is 0 Å². The second kappa shape index (κ2) is 9.64. The minimum absolute atomic E-state index is 0.0226. The maximum Gasteiger partial charge on any atom is 0.146 e. The van der Waals surface area contributed by atoms with E-state index in [4.69, 9.17) is 5.73 Å². The Labute approximate surface area is 146 Å². The lowest BCUT2D eigenvalue weighted by atomic mass is 9.91. The van der Waals surface area contributed by atoms with Crippen molar-refractivity contribution >= 4 is 0 Å². The summed E-state index contributed by atoms with van der Waals surface area (Å²) >= 11 is 0. The Morgan fingerprint density at radius 3 is 2.21 bits per heavy atom. The highest BCUT2D eigenvalue weighted by Crippen LogP contribution is 2.20. The van der Waals surface area contributed by atoms with Gasteiger partial charge in [-0.3, -0.25) is 5.32 Å². The zero-order valence-corrected chi connectivity index (χ0v) is 15.9. The molecule has 24 heavy (non-hydrogen) atoms. The van der Waals surface area contributed by atoms with E-state index in [9.17, 15) is 9.50 Å². The molecule has 0 bridgehead atoms. The Hall–Kier alpha value is -1.59. The fraction of sp³-hybridized carbons (Fsp3) is 0.579. The standard InChI is InChI=1S/C19H34FN3O/c1-9-16(12(2)21)10-17(20)15(5)22-13(3)14(4)23-18(24)11-19(6,7)8/h9-10,13-14,18,22-24H,2,5,11,21H2,1,3-4,6-8H3/b16-9+,17-10+/t13?,14-,18?/m0/s1. The Balaban J connectivity index is 4.69. The molecule has 0 heterocycles. The third-order valence-corrected chi connectivity index (χ3v) is 3.67. The highest BCUT2D eigenvalue weighted by molar-refractivity contribution is 5.40. The fourth-order valence-corrected chi connectivity index (χ4v) is 2.14. The van der Waals surface area contributed by atoms with Crippen molar-refractivity contribution in [2.75, 3.05) is 0 Å². The first-order valence-corrected chi connectivity index (χ1v) is 8.25. The van der Waals surface area contributed by atoms with Crippen molar-refractivity contribution in [3.8, 4) is 0 Å². The molecule has 0 aliphatic rings. The molecular formula is C19H34FN3O. The van der Waals surface area contributed by atoms with Gasteiger partial charge in [-0.05, 0) is 44.3 Å². The molecule has 2 unspecified atom stereocenters. The quantitative estimate of drug-likeness (QED) is 0.383. The lowest BCUT2D eigenvalue weighted by Gasteiger charge is -2.29. The number of hydrogen-bond acceptors (Lipinski definition) is 4. The molecule has 0 aromatic carbocycles. The lowest BCUT2D eigenvalue weighted by Crippen LogP contribution is -2.48. The number of allylic oxidation sites excluding steroid dienone is 3. The number of halogens is 1. The van der Waals surface area contributed by atoms with Gasteiger partial charge in [0.25, 0.3) is 0 Å². The van der Waals surface area contributed by atoms with Crippen molar-refractivity contribution in [3.05, 3.63) is 48.1 Å². The molecule has 0 rings (SSSR count). The van der Waals surface area contributed by atoms with Crippen molar-refractivity contribution in [3.63, 3.8) is 0 Å². The van der Waals surface area contributed by atoms with Crippen molar-refractivity contribution in [1.29, 1.82) is 0 Å². The second-order valence-corrected chi connectivity index (χ2v) is 7.41. The van der Waals surface area contributed by atoms with Crippen LogP contribution in [0, 0.1) is 5.41 Å². The Morgan fingerprint density at radius 2 is 1.79 bits per heavy atom. The first-order chi connectivity index (χ1) is 10.9. The van der Waals surface area contributed by atoms with Crippen LogP contribution in [0.3, 0.4) is 0 Å². The van der Waals surface area contributed by atoms with E-state index in [0.29, 0.717) is 17.7 Å². The highest BCUT2D eigenvalue weighted by Gasteiger charge is 2.21. The summed E-state index contributed by atoms with van der Waals surface area (Å²) in [4.78, 5) is 0. The minimum atomic E-state index is -0.618. The summed E-state index contributed by atoms with van der Waals surface area (Å²) in [7, 11) is 0. The van der Waals surface area contributed by atoms with Gasteiger partial charge >= 0.3 is 0 Å². The summed E-state index contributed by atoms with van der Waals surface area (Å²) in [5, 5.41) is 16.2. The van der Waals surface area contributed by atoms with Gasteiger partial charge in [-0.2, -0.15) is 0 Å². The van der Waals surface area contributed by atoms with E-state index in [0.717, 1.165) is 0 Å². The van der Waals surface area contributed by atoms with Crippen LogP contribution in [0.15, 0.2) is 48.1 Å². The van der Waals surface area contributed by atoms with Crippen LogP contribution in [-0.4, -0.2) is 23.4 Å². The number of aliphatic hydroxyl groups is 1. The molecule has 0 aliphatic carbocycles. The summed E-state index contributed by atoms with van der Waals surface area (Å²) in [6, 6.07) is -0.195. The van der Waals surface area contributed by atoms with E-state index in [1.807, 2.05) is 13.8 Å². The molecule has 0 aromatic heterocycles. The Bertz CT molecular complexity index is 503. The number of aliphatic hydroxyl groups excluding tert-OH is 1. The molecule has 0 spiro atoms. The van der Waals surface area contributed by atoms with E-state index in [1.54, 1.807) is 13.0 Å². The molecule has 0 aromatic rings. The predicted molar refractivity (Wildman–Crippen MR) is 101 cm³/mol. The number of nitrogens with one attached hydrogen (secondary N) is 2. The molecule has 0 radical (unpaired) electrons. The van der Waals surface area contributed by atoms with E-state index in [2.05, 4.69) is 44.6 Å². The number of nitrogens with two attached hydrogens (primary N) is 1. The van der Waals surface area contributed by atoms with Crippen LogP contribution >= 0.6 is 0 Å². The monoisotopic (exact) mass is 339 g/mol. The molecule has 0 amide bonds. The number of rotatable bonds is 9. The minimum Gasteiger partial charge on any atom is -0.399 e. The molecule has 5 N–H and O–H groups in total. The molecule has 3 atom stereocenters. The Morgan fingerprint density at radius 1 is 1.25 bits per heavy atom. The number of hydrogen-bond donors (Lipinski definition) is 4. The summed E-state index contributed by atoms with van der Waals surface area (Å²) in [5.74, 6) is -0.496. The zero-order valence-electron chi connectivity index (χ0n) is 15.9. The molecule has 0 aliphatic heterocycles. The van der Waals surface area contributed by atoms with E-state index in [1.165, 1.54) is 6.08 Å². The first-order valence-electron chi connectivity index (χ1n) is 8.25. The van der Waals surface area contributed by atoms with Crippen molar-refractivity contribution in [2.45, 2.75) is 66.3 Å². The molecule has 0 saturated carbocycles. The van der Waals surface area contributed by atoms with Gasteiger partial charge in [0, 0.05) is 17.8 Å². The lowest BCUT2D eigenvalue weighted by molar-refractivity contribution is 0.0761. The molecule has 5 heteroatoms. The normalized spacial score (nSPS) is 17.2. The van der Waals surface area contributed by atoms with Crippen LogP contribution in [0.4, 0.5) is 4.39 Å². The van der Waals surface area contributed by atoms with Gasteiger partial charge in [0.15, 0.2) is 0 Å². The topological polar surface area (TPSA) is 70.3 Å². The van der Waals surface area contributed by atoms with Gasteiger partial charge in [0.05, 0.1) is 5.70 Å². The van der Waals surface area contributed by atoms with Gasteiger partial charge in [-0.15, -0.1) is 0 Å². The zero-order chi connectivity index (χ0) is 19.1. The largest absolute Gasteiger partial charge is 0.399 e. The van der Waals surface area contributed by atoms with Gasteiger partial charge in [0.2, 0.25) is 0 Å². The first kappa shape index (κ1) is 22.4. The maximum atomic E-state index is 14.2. The molecular weight excluding hydrogens is 305 g/mol. The van der Waals surface area contributed by atoms with Gasteiger partial charge in [-0.25, -0.2) is 4.39 Å². The Kier molecular flexibility index (Phi) is 9.01. The van der Waals surface area contributed by atoms with Crippen molar-refractivity contribution in [1.82, 2.24) is 10.6 Å². The average Bonchev–Trinajstić information content (AvgIpc) is 2.41. The SMILES string of the molecule is C=C(NC(C)[C@H](C)NC(O)CC(C)(C)C)/C(F)=C\C(=C/C)C(=C)N. The summed E-state index contributed by atoms with van der Waals surface area (Å²) < 4.78 is 14.2. The van der Waals surface area contributed by atoms with Gasteiger partial charge in [-0.1, -0.05) is 40.0 Å². The van der Waals surface area contributed by atoms with Crippen LogP contribution in [0.1, 0.15) is 48.0 Å². The predicted octanol–water partition coefficient (Wildman–Crippen LogP) is 3.48. The van der Waals surface area contributed by atoms with E-state index < -0.39 is 12.1 Å². The smallest absolute Gasteiger partial charge is 0.146 e. The molecule has 0 fully saturated rings. The van der Waals surface area contributed by atoms with E-state index >= 15 is 0 Å². The molecule has 4 nitrogen and oxygen atoms in total. The summed E-state index contributed by atoms with van der Waals surface area (Å²) in [6.07, 6.45) is 3.00. The van der Waals surface area contributed by atoms with Gasteiger partial charge in [0.1, 0.15) is 12.1 Å². The van der Waals surface area contributed by atoms with E-state index in [-0.39, 0.29) is 23.2 Å². The summed E-state index contributed by atoms with van der Waals surface area (Å²) in [6.45, 7) is 19.1. The highest BCUT2D eigenvalue weighted by atomic mass is 19.1. The van der Waals surface area contributed by atoms with Gasteiger partial charge < -0.3 is 16.2 Å². The van der Waals surface area contributed by atoms with Crippen molar-refractivity contribution < 1.29 is 9.50 Å². The third-order valence-electron chi connectivity index (χ3n) is 3.67. The average molecular weight is 339 g/mol. The second-order valence-electron chi connectivity index (χ2n) is 7.41. The maximum absolute atomic E-state index is 14.2. The van der Waals surface area contributed by atoms with Crippen LogP contribution in [0.25, 0.3) is 0 Å². The van der Waals surface area contributed by atoms with Crippen LogP contribution in [-0.2, 0) is 0 Å². The fourth-order valence-electron chi connectivity index (χ4n) is 2.14. The molecule has 138 valence electrons. The third kappa shape index (κ3) is 8.89. The summed E-state index contributed by atoms with van der Waals surface area (Å²) in [5.41, 5.74) is 6.60. The van der Waals surface area contributed by atoms with Crippen molar-refractivity contribution in [2.24, 2.45) is 11.1 Å². The van der Waals surface area contributed by atoms with Crippen LogP contribution in [0.2, 0.25) is 0 Å².